The molecule has 2 amide bonds. The third kappa shape index (κ3) is 4.66. The molecular weight excluding hydrogens is 267 g/mol. The predicted octanol–water partition coefficient (Wildman–Crippen LogP) is 3.17. The molecule has 0 atom stereocenters. The van der Waals surface area contributed by atoms with Gasteiger partial charge in [0.2, 0.25) is 0 Å². The third-order valence-electron chi connectivity index (χ3n) is 2.88. The molecule has 0 fully saturated rings. The molecule has 106 valence electrons. The highest BCUT2D eigenvalue weighted by Gasteiger charge is 2.02. The number of amides is 2. The molecule has 2 aromatic rings. The third-order valence-corrected chi connectivity index (χ3v) is 2.88. The van der Waals surface area contributed by atoms with Crippen LogP contribution in [0.3, 0.4) is 0 Å². The molecule has 0 aliphatic rings. The second-order valence-corrected chi connectivity index (χ2v) is 4.49. The standard InChI is InChI=1S/C17H15FN2O/c1-2-13-5-4-8-16(12-13)20-17(21)19-10-9-14-6-3-7-15(18)11-14/h1,3-8,11-12H,9-10H2,(H2,19,20,21). The molecule has 0 aromatic heterocycles. The van der Waals surface area contributed by atoms with E-state index in [1.54, 1.807) is 30.3 Å². The fourth-order valence-electron chi connectivity index (χ4n) is 1.87. The first-order valence-corrected chi connectivity index (χ1v) is 6.53. The summed E-state index contributed by atoms with van der Waals surface area (Å²) < 4.78 is 13.0. The zero-order chi connectivity index (χ0) is 15.1. The lowest BCUT2D eigenvalue weighted by atomic mass is 10.1. The second kappa shape index (κ2) is 7.11. The number of terminal acetylenes is 1. The Balaban J connectivity index is 1.81. The Morgan fingerprint density at radius 3 is 2.76 bits per heavy atom. The van der Waals surface area contributed by atoms with Crippen molar-refractivity contribution < 1.29 is 9.18 Å². The highest BCUT2D eigenvalue weighted by atomic mass is 19.1. The first-order chi connectivity index (χ1) is 10.2. The maximum Gasteiger partial charge on any atom is 0.319 e. The van der Waals surface area contributed by atoms with Crippen LogP contribution in [0.1, 0.15) is 11.1 Å². The molecule has 0 radical (unpaired) electrons. The van der Waals surface area contributed by atoms with Crippen LogP contribution in [-0.4, -0.2) is 12.6 Å². The summed E-state index contributed by atoms with van der Waals surface area (Å²) in [5, 5.41) is 5.41. The lowest BCUT2D eigenvalue weighted by Crippen LogP contribution is -2.30. The summed E-state index contributed by atoms with van der Waals surface area (Å²) in [5.41, 5.74) is 2.17. The van der Waals surface area contributed by atoms with E-state index in [0.29, 0.717) is 24.2 Å². The van der Waals surface area contributed by atoms with Crippen molar-refractivity contribution >= 4 is 11.7 Å². The Bertz CT molecular complexity index is 676. The van der Waals surface area contributed by atoms with Gasteiger partial charge in [0.15, 0.2) is 0 Å². The van der Waals surface area contributed by atoms with Gasteiger partial charge in [-0.15, -0.1) is 6.42 Å². The topological polar surface area (TPSA) is 41.1 Å². The van der Waals surface area contributed by atoms with Gasteiger partial charge in [0, 0.05) is 17.8 Å². The number of rotatable bonds is 4. The zero-order valence-corrected chi connectivity index (χ0v) is 11.4. The molecule has 3 nitrogen and oxygen atoms in total. The Hall–Kier alpha value is -2.80. The van der Waals surface area contributed by atoms with Gasteiger partial charge in [0.1, 0.15) is 5.82 Å². The lowest BCUT2D eigenvalue weighted by Gasteiger charge is -2.08. The minimum absolute atomic E-state index is 0.275. The summed E-state index contributed by atoms with van der Waals surface area (Å²) in [4.78, 5) is 11.7. The summed E-state index contributed by atoms with van der Waals surface area (Å²) >= 11 is 0. The first-order valence-electron chi connectivity index (χ1n) is 6.53. The van der Waals surface area contributed by atoms with E-state index < -0.39 is 0 Å². The molecule has 2 rings (SSSR count). The molecule has 0 saturated heterocycles. The van der Waals surface area contributed by atoms with Crippen LogP contribution in [0, 0.1) is 18.2 Å². The van der Waals surface area contributed by atoms with Crippen LogP contribution in [0.25, 0.3) is 0 Å². The van der Waals surface area contributed by atoms with Gasteiger partial charge < -0.3 is 10.6 Å². The van der Waals surface area contributed by atoms with Crippen LogP contribution in [0.5, 0.6) is 0 Å². The van der Waals surface area contributed by atoms with Crippen molar-refractivity contribution in [3.63, 3.8) is 0 Å². The second-order valence-electron chi connectivity index (χ2n) is 4.49. The largest absolute Gasteiger partial charge is 0.338 e. The van der Waals surface area contributed by atoms with E-state index in [9.17, 15) is 9.18 Å². The number of benzene rings is 2. The van der Waals surface area contributed by atoms with E-state index in [2.05, 4.69) is 16.6 Å². The van der Waals surface area contributed by atoms with Crippen molar-refractivity contribution in [1.29, 1.82) is 0 Å². The first kappa shape index (κ1) is 14.6. The van der Waals surface area contributed by atoms with Crippen LogP contribution in [-0.2, 0) is 6.42 Å². The van der Waals surface area contributed by atoms with Crippen LogP contribution in [0.2, 0.25) is 0 Å². The van der Waals surface area contributed by atoms with Gasteiger partial charge in [0.05, 0.1) is 0 Å². The number of carbonyl (C=O) groups is 1. The predicted molar refractivity (Wildman–Crippen MR) is 81.5 cm³/mol. The summed E-state index contributed by atoms with van der Waals surface area (Å²) in [6.07, 6.45) is 5.86. The van der Waals surface area contributed by atoms with Gasteiger partial charge in [-0.05, 0) is 42.3 Å². The number of nitrogens with one attached hydrogen (secondary N) is 2. The van der Waals surface area contributed by atoms with Crippen LogP contribution in [0.15, 0.2) is 48.5 Å². The molecule has 0 bridgehead atoms. The summed E-state index contributed by atoms with van der Waals surface area (Å²) in [5.74, 6) is 2.23. The van der Waals surface area contributed by atoms with E-state index in [-0.39, 0.29) is 11.8 Å². The quantitative estimate of drug-likeness (QED) is 0.831. The van der Waals surface area contributed by atoms with Crippen molar-refractivity contribution in [3.8, 4) is 12.3 Å². The minimum Gasteiger partial charge on any atom is -0.338 e. The Kier molecular flexibility index (Phi) is 4.94. The number of anilines is 1. The van der Waals surface area contributed by atoms with E-state index in [0.717, 1.165) is 5.56 Å². The highest BCUT2D eigenvalue weighted by Crippen LogP contribution is 2.09. The number of hydrogen-bond donors (Lipinski definition) is 2. The van der Waals surface area contributed by atoms with E-state index in [1.807, 2.05) is 6.07 Å². The fourth-order valence-corrected chi connectivity index (χ4v) is 1.87. The Morgan fingerprint density at radius 2 is 2.00 bits per heavy atom. The summed E-state index contributed by atoms with van der Waals surface area (Å²) in [6.45, 7) is 0.421. The van der Waals surface area contributed by atoms with Crippen LogP contribution < -0.4 is 10.6 Å². The van der Waals surface area contributed by atoms with Gasteiger partial charge in [-0.25, -0.2) is 9.18 Å². The van der Waals surface area contributed by atoms with E-state index in [4.69, 9.17) is 6.42 Å². The molecule has 0 aliphatic carbocycles. The Morgan fingerprint density at radius 1 is 1.19 bits per heavy atom. The molecule has 4 heteroatoms. The van der Waals surface area contributed by atoms with Crippen LogP contribution >= 0.6 is 0 Å². The van der Waals surface area contributed by atoms with Crippen molar-refractivity contribution in [2.24, 2.45) is 0 Å². The molecule has 0 saturated carbocycles. The Labute approximate surface area is 123 Å². The molecule has 0 aliphatic heterocycles. The van der Waals surface area contributed by atoms with Gasteiger partial charge in [0.25, 0.3) is 0 Å². The van der Waals surface area contributed by atoms with Gasteiger partial charge in [-0.1, -0.05) is 24.1 Å². The smallest absolute Gasteiger partial charge is 0.319 e. The monoisotopic (exact) mass is 282 g/mol. The van der Waals surface area contributed by atoms with E-state index >= 15 is 0 Å². The van der Waals surface area contributed by atoms with Crippen LogP contribution in [0.4, 0.5) is 14.9 Å². The van der Waals surface area contributed by atoms with Gasteiger partial charge in [-0.3, -0.25) is 0 Å². The molecule has 2 N–H and O–H groups in total. The molecule has 0 unspecified atom stereocenters. The van der Waals surface area contributed by atoms with Crippen molar-refractivity contribution in [2.45, 2.75) is 6.42 Å². The SMILES string of the molecule is C#Cc1cccc(NC(=O)NCCc2cccc(F)c2)c1. The summed E-state index contributed by atoms with van der Waals surface area (Å²) in [6, 6.07) is 13.0. The number of carbonyl (C=O) groups excluding carboxylic acids is 1. The van der Waals surface area contributed by atoms with Crippen molar-refractivity contribution in [2.75, 3.05) is 11.9 Å². The number of urea groups is 1. The summed E-state index contributed by atoms with van der Waals surface area (Å²) in [7, 11) is 0. The molecule has 0 spiro atoms. The van der Waals surface area contributed by atoms with E-state index in [1.165, 1.54) is 12.1 Å². The van der Waals surface area contributed by atoms with Crippen molar-refractivity contribution in [3.05, 3.63) is 65.5 Å². The molecule has 0 heterocycles. The van der Waals surface area contributed by atoms with Gasteiger partial charge >= 0.3 is 6.03 Å². The number of hydrogen-bond acceptors (Lipinski definition) is 1. The maximum absolute atomic E-state index is 13.0. The van der Waals surface area contributed by atoms with Crippen molar-refractivity contribution in [1.82, 2.24) is 5.32 Å². The normalized spacial score (nSPS) is 9.71. The lowest BCUT2D eigenvalue weighted by molar-refractivity contribution is 0.252. The van der Waals surface area contributed by atoms with Gasteiger partial charge in [-0.2, -0.15) is 0 Å². The molecule has 21 heavy (non-hydrogen) atoms. The molecular formula is C17H15FN2O. The number of halogens is 1. The minimum atomic E-state index is -0.319. The molecule has 2 aromatic carbocycles. The zero-order valence-electron chi connectivity index (χ0n) is 11.4. The highest BCUT2D eigenvalue weighted by molar-refractivity contribution is 5.89. The maximum atomic E-state index is 13.0. The average Bonchev–Trinajstić information content (AvgIpc) is 2.47. The fraction of sp³-hybridized carbons (Fsp3) is 0.118. The average molecular weight is 282 g/mol.